The van der Waals surface area contributed by atoms with Crippen molar-refractivity contribution < 1.29 is 4.74 Å². The highest BCUT2D eigenvalue weighted by atomic mass is 35.5. The molecule has 0 aliphatic heterocycles. The van der Waals surface area contributed by atoms with Crippen LogP contribution >= 0.6 is 11.6 Å². The number of hydrogen-bond acceptors (Lipinski definition) is 5. The Labute approximate surface area is 229 Å². The van der Waals surface area contributed by atoms with Gasteiger partial charge in [-0.2, -0.15) is 4.98 Å². The van der Waals surface area contributed by atoms with Crippen molar-refractivity contribution in [2.75, 3.05) is 27.2 Å². The van der Waals surface area contributed by atoms with Crippen molar-refractivity contribution in [1.82, 2.24) is 24.0 Å². The molecule has 0 bridgehead atoms. The summed E-state index contributed by atoms with van der Waals surface area (Å²) < 4.78 is 8.34. The smallest absolute Gasteiger partial charge is 0.332 e. The van der Waals surface area contributed by atoms with Gasteiger partial charge in [-0.05, 0) is 57.6 Å². The number of aromatic amines is 1. The second kappa shape index (κ2) is 15.1. The average molecular weight is 540 g/mol. The van der Waals surface area contributed by atoms with Crippen LogP contribution in [0.3, 0.4) is 0 Å². The van der Waals surface area contributed by atoms with Gasteiger partial charge in [0.1, 0.15) is 6.10 Å². The number of nitrogens with one attached hydrogen (secondary N) is 1. The zero-order valence-corrected chi connectivity index (χ0v) is 24.0. The first-order chi connectivity index (χ1) is 18.1. The minimum atomic E-state index is -0.428. The van der Waals surface area contributed by atoms with Crippen LogP contribution in [0.25, 0.3) is 11.2 Å². The summed E-state index contributed by atoms with van der Waals surface area (Å²) in [6.07, 6.45) is 2.10. The van der Waals surface area contributed by atoms with Gasteiger partial charge in [-0.3, -0.25) is 13.9 Å². The van der Waals surface area contributed by atoms with Crippen LogP contribution in [0.5, 0.6) is 0 Å². The van der Waals surface area contributed by atoms with Crippen LogP contribution in [0.1, 0.15) is 38.0 Å². The van der Waals surface area contributed by atoms with Gasteiger partial charge in [0.05, 0.1) is 6.61 Å². The van der Waals surface area contributed by atoms with Gasteiger partial charge in [0.25, 0.3) is 5.56 Å². The summed E-state index contributed by atoms with van der Waals surface area (Å²) in [5, 5.41) is 0.0956. The Morgan fingerprint density at radius 2 is 1.50 bits per heavy atom. The number of rotatable bonds is 6. The van der Waals surface area contributed by atoms with Crippen LogP contribution < -0.4 is 11.2 Å². The molecule has 4 aromatic rings. The molecule has 0 spiro atoms. The fraction of sp³-hybridized carbons (Fsp3) is 0.345. The van der Waals surface area contributed by atoms with E-state index in [1.807, 2.05) is 19.1 Å². The maximum absolute atomic E-state index is 11.5. The Kier molecular flexibility index (Phi) is 12.2. The molecule has 9 heteroatoms. The summed E-state index contributed by atoms with van der Waals surface area (Å²) in [7, 11) is 7.05. The number of allylic oxidation sites excluding steroid dienone is 2. The van der Waals surface area contributed by atoms with E-state index >= 15 is 0 Å². The highest BCUT2D eigenvalue weighted by Crippen LogP contribution is 2.25. The van der Waals surface area contributed by atoms with Crippen molar-refractivity contribution in [3.63, 3.8) is 0 Å². The molecule has 0 aliphatic carbocycles. The quantitative estimate of drug-likeness (QED) is 0.277. The first-order valence-corrected chi connectivity index (χ1v) is 12.7. The van der Waals surface area contributed by atoms with E-state index < -0.39 is 11.2 Å². The van der Waals surface area contributed by atoms with Crippen molar-refractivity contribution in [2.24, 2.45) is 14.1 Å². The van der Waals surface area contributed by atoms with Crippen LogP contribution in [0, 0.1) is 0 Å². The second-order valence-electron chi connectivity index (χ2n) is 9.17. The van der Waals surface area contributed by atoms with E-state index in [4.69, 9.17) is 16.3 Å². The topological polar surface area (TPSA) is 85.2 Å². The summed E-state index contributed by atoms with van der Waals surface area (Å²) in [6.45, 7) is 7.85. The molecule has 8 nitrogen and oxygen atoms in total. The lowest BCUT2D eigenvalue weighted by Gasteiger charge is -2.20. The van der Waals surface area contributed by atoms with Crippen molar-refractivity contribution in [2.45, 2.75) is 26.9 Å². The number of benzene rings is 2. The number of H-pyrrole nitrogens is 1. The largest absolute Gasteiger partial charge is 0.367 e. The number of imidazole rings is 1. The monoisotopic (exact) mass is 539 g/mol. The molecular formula is C29H38ClN5O3. The van der Waals surface area contributed by atoms with Gasteiger partial charge in [0.15, 0.2) is 11.2 Å². The molecule has 2 aromatic carbocycles. The maximum Gasteiger partial charge on any atom is 0.332 e. The van der Waals surface area contributed by atoms with Crippen molar-refractivity contribution in [1.29, 1.82) is 0 Å². The molecule has 0 amide bonds. The van der Waals surface area contributed by atoms with Gasteiger partial charge < -0.3 is 14.6 Å². The number of fused-ring (bicyclic) bond motifs is 1. The SMILES string of the molecule is CC=C(C)C.CN(C)CCOC(c1ccccc1)c1ccccc1.Cn1c(=O)c2[nH]c(Cl)nc2n(C)c1=O. The third kappa shape index (κ3) is 8.83. The Balaban J connectivity index is 0.000000234. The molecule has 0 fully saturated rings. The molecule has 204 valence electrons. The van der Waals surface area contributed by atoms with E-state index in [0.29, 0.717) is 0 Å². The molecule has 2 aromatic heterocycles. The maximum atomic E-state index is 11.5. The Morgan fingerprint density at radius 3 is 1.95 bits per heavy atom. The van der Waals surface area contributed by atoms with E-state index in [1.54, 1.807) is 0 Å². The fourth-order valence-corrected chi connectivity index (χ4v) is 3.47. The molecule has 4 rings (SSSR count). The normalized spacial score (nSPS) is 10.6. The average Bonchev–Trinajstić information content (AvgIpc) is 3.32. The van der Waals surface area contributed by atoms with E-state index in [9.17, 15) is 9.59 Å². The number of likely N-dealkylation sites (N-methyl/N-ethyl adjacent to an activating group) is 1. The third-order valence-corrected chi connectivity index (χ3v) is 5.85. The van der Waals surface area contributed by atoms with Crippen LogP contribution in [0.15, 0.2) is 81.9 Å². The number of hydrogen-bond donors (Lipinski definition) is 1. The summed E-state index contributed by atoms with van der Waals surface area (Å²) in [4.78, 5) is 31.5. The summed E-state index contributed by atoms with van der Waals surface area (Å²) in [5.41, 5.74) is 3.43. The summed E-state index contributed by atoms with van der Waals surface area (Å²) >= 11 is 5.60. The van der Waals surface area contributed by atoms with Gasteiger partial charge in [0.2, 0.25) is 5.28 Å². The van der Waals surface area contributed by atoms with Crippen LogP contribution in [-0.4, -0.2) is 51.2 Å². The van der Waals surface area contributed by atoms with Crippen LogP contribution in [0.4, 0.5) is 0 Å². The number of aromatic nitrogens is 4. The molecule has 38 heavy (non-hydrogen) atoms. The van der Waals surface area contributed by atoms with Crippen molar-refractivity contribution in [3.05, 3.63) is 110 Å². The lowest BCUT2D eigenvalue weighted by molar-refractivity contribution is 0.0687. The fourth-order valence-electron chi connectivity index (χ4n) is 3.29. The van der Waals surface area contributed by atoms with Crippen LogP contribution in [0.2, 0.25) is 5.28 Å². The van der Waals surface area contributed by atoms with E-state index in [2.05, 4.69) is 97.4 Å². The minimum absolute atomic E-state index is 0.0161. The summed E-state index contributed by atoms with van der Waals surface area (Å²) in [5.74, 6) is 0. The molecule has 0 saturated carbocycles. The zero-order valence-electron chi connectivity index (χ0n) is 23.2. The highest BCUT2D eigenvalue weighted by Gasteiger charge is 2.14. The minimum Gasteiger partial charge on any atom is -0.367 e. The molecule has 0 atom stereocenters. The van der Waals surface area contributed by atoms with Gasteiger partial charge in [-0.1, -0.05) is 72.3 Å². The Morgan fingerprint density at radius 1 is 1.00 bits per heavy atom. The Hall–Kier alpha value is -3.46. The van der Waals surface area contributed by atoms with Gasteiger partial charge >= 0.3 is 5.69 Å². The number of ether oxygens (including phenoxy) is 1. The first kappa shape index (κ1) is 30.8. The number of aryl methyl sites for hydroxylation is 1. The molecule has 0 unspecified atom stereocenters. The zero-order chi connectivity index (χ0) is 28.2. The molecule has 0 radical (unpaired) electrons. The van der Waals surface area contributed by atoms with Crippen molar-refractivity contribution >= 4 is 22.8 Å². The van der Waals surface area contributed by atoms with Gasteiger partial charge in [-0.25, -0.2) is 4.79 Å². The van der Waals surface area contributed by atoms with E-state index in [0.717, 1.165) is 17.7 Å². The van der Waals surface area contributed by atoms with Crippen LogP contribution in [-0.2, 0) is 18.8 Å². The first-order valence-electron chi connectivity index (χ1n) is 12.3. The molecule has 2 heterocycles. The third-order valence-electron chi connectivity index (χ3n) is 5.67. The number of halogens is 1. The molecular weight excluding hydrogens is 502 g/mol. The second-order valence-corrected chi connectivity index (χ2v) is 9.53. The molecule has 1 N–H and O–H groups in total. The van der Waals surface area contributed by atoms with E-state index in [-0.39, 0.29) is 22.6 Å². The number of nitrogens with zero attached hydrogens (tertiary/aromatic N) is 4. The lowest BCUT2D eigenvalue weighted by Crippen LogP contribution is -2.36. The molecule has 0 aliphatic rings. The summed E-state index contributed by atoms with van der Waals surface area (Å²) in [6, 6.07) is 20.8. The lowest BCUT2D eigenvalue weighted by atomic mass is 10.0. The molecule has 0 saturated heterocycles. The van der Waals surface area contributed by atoms with Gasteiger partial charge in [0, 0.05) is 20.6 Å². The van der Waals surface area contributed by atoms with Crippen molar-refractivity contribution in [3.8, 4) is 0 Å². The predicted octanol–water partition coefficient (Wildman–Crippen LogP) is 4.94. The standard InChI is InChI=1S/C17H21NO.C7H7ClN4O2.C5H10/c1-18(2)13-14-19-17(15-9-5-3-6-10-15)16-11-7-4-8-12-16;1-11-4-3(9-6(8)10-4)5(13)12(2)7(11)14;1-4-5(2)3/h3-12,17H,13-14H2,1-2H3;1-2H3,(H,9,10);4H,1-3H3. The van der Waals surface area contributed by atoms with Gasteiger partial charge in [-0.15, -0.1) is 0 Å². The highest BCUT2D eigenvalue weighted by molar-refractivity contribution is 6.28. The van der Waals surface area contributed by atoms with E-state index in [1.165, 1.54) is 35.4 Å². The predicted molar refractivity (Wildman–Crippen MR) is 156 cm³/mol. The Bertz CT molecular complexity index is 1380.